The van der Waals surface area contributed by atoms with Crippen LogP contribution < -0.4 is 11.1 Å². The minimum absolute atomic E-state index is 0.310. The quantitative estimate of drug-likeness (QED) is 0.840. The van der Waals surface area contributed by atoms with Gasteiger partial charge in [-0.15, -0.1) is 0 Å². The first-order valence-corrected chi connectivity index (χ1v) is 7.91. The molecule has 0 radical (unpaired) electrons. The second kappa shape index (κ2) is 5.80. The molecule has 0 aliphatic carbocycles. The summed E-state index contributed by atoms with van der Waals surface area (Å²) < 4.78 is 2.16. The van der Waals surface area contributed by atoms with E-state index in [4.69, 9.17) is 10.8 Å². The first-order chi connectivity index (χ1) is 10.2. The molecule has 0 spiro atoms. The van der Waals surface area contributed by atoms with Crippen molar-refractivity contribution in [1.82, 2.24) is 9.78 Å². The molecule has 1 aliphatic heterocycles. The van der Waals surface area contributed by atoms with Crippen molar-refractivity contribution >= 4 is 11.5 Å². The molecule has 1 atom stereocenters. The van der Waals surface area contributed by atoms with Crippen LogP contribution in [-0.4, -0.2) is 16.3 Å². The highest BCUT2D eigenvalue weighted by molar-refractivity contribution is 5.44. The van der Waals surface area contributed by atoms with E-state index in [0.29, 0.717) is 12.0 Å². The van der Waals surface area contributed by atoms with Crippen LogP contribution >= 0.6 is 0 Å². The summed E-state index contributed by atoms with van der Waals surface area (Å²) in [4.78, 5) is 0. The Morgan fingerprint density at radius 3 is 2.67 bits per heavy atom. The van der Waals surface area contributed by atoms with E-state index in [1.165, 1.54) is 11.3 Å². The van der Waals surface area contributed by atoms with Gasteiger partial charge in [-0.3, -0.25) is 0 Å². The Balaban J connectivity index is 1.95. The second-order valence-electron chi connectivity index (χ2n) is 5.81. The first-order valence-electron chi connectivity index (χ1n) is 7.91. The molecule has 0 bridgehead atoms. The Bertz CT molecular complexity index is 596. The van der Waals surface area contributed by atoms with Crippen molar-refractivity contribution in [2.24, 2.45) is 0 Å². The predicted octanol–water partition coefficient (Wildman–Crippen LogP) is 3.77. The van der Waals surface area contributed by atoms with Crippen LogP contribution in [0, 0.1) is 0 Å². The third-order valence-corrected chi connectivity index (χ3v) is 4.50. The van der Waals surface area contributed by atoms with E-state index < -0.39 is 0 Å². The number of nitrogen functional groups attached to an aromatic ring is 1. The van der Waals surface area contributed by atoms with Gasteiger partial charge in [0.25, 0.3) is 0 Å². The largest absolute Gasteiger partial charge is 0.399 e. The number of rotatable bonds is 4. The highest BCUT2D eigenvalue weighted by Gasteiger charge is 2.24. The van der Waals surface area contributed by atoms with E-state index in [9.17, 15) is 0 Å². The monoisotopic (exact) mass is 284 g/mol. The number of fused-ring (bicyclic) bond motifs is 1. The van der Waals surface area contributed by atoms with Gasteiger partial charge in [-0.2, -0.15) is 5.10 Å². The number of hydrogen-bond acceptors (Lipinski definition) is 3. The molecule has 112 valence electrons. The zero-order chi connectivity index (χ0) is 14.8. The second-order valence-corrected chi connectivity index (χ2v) is 5.81. The van der Waals surface area contributed by atoms with Crippen LogP contribution in [0.15, 0.2) is 30.3 Å². The zero-order valence-corrected chi connectivity index (χ0v) is 12.8. The minimum atomic E-state index is 0.310. The molecule has 21 heavy (non-hydrogen) atoms. The summed E-state index contributed by atoms with van der Waals surface area (Å²) in [7, 11) is 0. The molecule has 0 amide bonds. The van der Waals surface area contributed by atoms with Crippen molar-refractivity contribution in [3.63, 3.8) is 0 Å². The third kappa shape index (κ3) is 2.62. The van der Waals surface area contributed by atoms with Crippen molar-refractivity contribution in [3.8, 4) is 0 Å². The number of nitrogens with one attached hydrogen (secondary N) is 1. The smallest absolute Gasteiger partial charge is 0.125 e. The minimum Gasteiger partial charge on any atom is -0.399 e. The summed E-state index contributed by atoms with van der Waals surface area (Å²) in [6.45, 7) is 5.46. The van der Waals surface area contributed by atoms with Gasteiger partial charge in [-0.25, -0.2) is 4.68 Å². The Labute approximate surface area is 126 Å². The lowest BCUT2D eigenvalue weighted by Gasteiger charge is -2.26. The maximum atomic E-state index is 5.80. The SMILES string of the molecule is CCC(CC)c1cc2n(n1)C(c1ccc(N)cc1)CCN2. The average molecular weight is 284 g/mol. The van der Waals surface area contributed by atoms with Crippen molar-refractivity contribution in [2.75, 3.05) is 17.6 Å². The van der Waals surface area contributed by atoms with Crippen LogP contribution in [0.4, 0.5) is 11.5 Å². The summed E-state index contributed by atoms with van der Waals surface area (Å²) in [5.41, 5.74) is 9.10. The van der Waals surface area contributed by atoms with Gasteiger partial charge in [0.05, 0.1) is 11.7 Å². The van der Waals surface area contributed by atoms with E-state index >= 15 is 0 Å². The van der Waals surface area contributed by atoms with Crippen LogP contribution in [0.3, 0.4) is 0 Å². The average Bonchev–Trinajstić information content (AvgIpc) is 2.93. The molecule has 1 aliphatic rings. The molecule has 1 unspecified atom stereocenters. The van der Waals surface area contributed by atoms with Crippen LogP contribution in [-0.2, 0) is 0 Å². The van der Waals surface area contributed by atoms with Crippen molar-refractivity contribution < 1.29 is 0 Å². The third-order valence-electron chi connectivity index (χ3n) is 4.50. The van der Waals surface area contributed by atoms with Crippen LogP contribution in [0.1, 0.15) is 56.3 Å². The molecule has 4 nitrogen and oxygen atoms in total. The van der Waals surface area contributed by atoms with Crippen molar-refractivity contribution in [2.45, 2.75) is 45.1 Å². The molecule has 1 aromatic heterocycles. The fourth-order valence-electron chi connectivity index (χ4n) is 3.17. The van der Waals surface area contributed by atoms with Gasteiger partial charge in [0.1, 0.15) is 5.82 Å². The van der Waals surface area contributed by atoms with E-state index in [2.05, 4.69) is 42.0 Å². The number of nitrogens with two attached hydrogens (primary N) is 1. The van der Waals surface area contributed by atoms with Gasteiger partial charge in [0.15, 0.2) is 0 Å². The summed E-state index contributed by atoms with van der Waals surface area (Å²) in [5, 5.41) is 8.37. The summed E-state index contributed by atoms with van der Waals surface area (Å²) in [5.74, 6) is 1.70. The maximum Gasteiger partial charge on any atom is 0.125 e. The Kier molecular flexibility index (Phi) is 3.86. The Morgan fingerprint density at radius 1 is 1.29 bits per heavy atom. The molecular weight excluding hydrogens is 260 g/mol. The molecule has 0 saturated heterocycles. The van der Waals surface area contributed by atoms with Crippen LogP contribution in [0.2, 0.25) is 0 Å². The highest BCUT2D eigenvalue weighted by Crippen LogP contribution is 2.33. The van der Waals surface area contributed by atoms with Gasteiger partial charge in [-0.05, 0) is 37.0 Å². The lowest BCUT2D eigenvalue weighted by molar-refractivity contribution is 0.471. The van der Waals surface area contributed by atoms with E-state index in [0.717, 1.165) is 37.3 Å². The molecule has 2 aromatic rings. The summed E-state index contributed by atoms with van der Waals surface area (Å²) in [6.07, 6.45) is 3.33. The van der Waals surface area contributed by atoms with Crippen LogP contribution in [0.5, 0.6) is 0 Å². The summed E-state index contributed by atoms with van der Waals surface area (Å²) in [6, 6.07) is 10.7. The first kappa shape index (κ1) is 14.0. The van der Waals surface area contributed by atoms with E-state index in [-0.39, 0.29) is 0 Å². The lowest BCUT2D eigenvalue weighted by atomic mass is 10.00. The molecule has 4 heteroatoms. The van der Waals surface area contributed by atoms with Gasteiger partial charge in [0.2, 0.25) is 0 Å². The normalized spacial score (nSPS) is 17.6. The highest BCUT2D eigenvalue weighted by atomic mass is 15.4. The summed E-state index contributed by atoms with van der Waals surface area (Å²) >= 11 is 0. The van der Waals surface area contributed by atoms with E-state index in [1.807, 2.05) is 12.1 Å². The predicted molar refractivity (Wildman–Crippen MR) is 87.7 cm³/mol. The molecular formula is C17H24N4. The number of anilines is 2. The number of benzene rings is 1. The van der Waals surface area contributed by atoms with Crippen molar-refractivity contribution in [3.05, 3.63) is 41.6 Å². The van der Waals surface area contributed by atoms with Crippen molar-refractivity contribution in [1.29, 1.82) is 0 Å². The number of hydrogen-bond donors (Lipinski definition) is 2. The zero-order valence-electron chi connectivity index (χ0n) is 12.8. The van der Waals surface area contributed by atoms with Gasteiger partial charge in [0, 0.05) is 24.2 Å². The topological polar surface area (TPSA) is 55.9 Å². The van der Waals surface area contributed by atoms with Gasteiger partial charge >= 0.3 is 0 Å². The molecule has 3 N–H and O–H groups in total. The molecule has 3 rings (SSSR count). The fourth-order valence-corrected chi connectivity index (χ4v) is 3.17. The lowest BCUT2D eigenvalue weighted by Crippen LogP contribution is -2.24. The Hall–Kier alpha value is -1.97. The molecule has 0 fully saturated rings. The fraction of sp³-hybridized carbons (Fsp3) is 0.471. The standard InChI is InChI=1S/C17H24N4/c1-3-12(4-2)15-11-17-19-10-9-16(21(17)20-15)13-5-7-14(18)8-6-13/h5-8,11-12,16,19H,3-4,9-10,18H2,1-2H3. The number of nitrogens with zero attached hydrogens (tertiary/aromatic N) is 2. The van der Waals surface area contributed by atoms with Gasteiger partial charge in [-0.1, -0.05) is 26.0 Å². The van der Waals surface area contributed by atoms with E-state index in [1.54, 1.807) is 0 Å². The Morgan fingerprint density at radius 2 is 2.00 bits per heavy atom. The maximum absolute atomic E-state index is 5.80. The van der Waals surface area contributed by atoms with Crippen LogP contribution in [0.25, 0.3) is 0 Å². The van der Waals surface area contributed by atoms with Gasteiger partial charge < -0.3 is 11.1 Å². The molecule has 2 heterocycles. The molecule has 0 saturated carbocycles. The molecule has 1 aromatic carbocycles. The number of aromatic nitrogens is 2.